The van der Waals surface area contributed by atoms with Gasteiger partial charge >= 0.3 is 0 Å². The van der Waals surface area contributed by atoms with E-state index in [-0.39, 0.29) is 6.01 Å². The number of fused-ring (bicyclic) bond motifs is 1. The van der Waals surface area contributed by atoms with Crippen molar-refractivity contribution in [2.75, 3.05) is 18.9 Å². The molecular formula is C19H18N6O4. The normalized spacial score (nSPS) is 19.1. The Hall–Kier alpha value is -3.82. The van der Waals surface area contributed by atoms with E-state index in [0.29, 0.717) is 35.1 Å². The van der Waals surface area contributed by atoms with E-state index in [1.807, 2.05) is 6.07 Å². The Bertz CT molecular complexity index is 1160. The Labute approximate surface area is 165 Å². The Morgan fingerprint density at radius 3 is 3.03 bits per heavy atom. The number of amidine groups is 1. The van der Waals surface area contributed by atoms with Crippen LogP contribution in [0, 0.1) is 0 Å². The first-order chi connectivity index (χ1) is 14.0. The second kappa shape index (κ2) is 6.36. The average Bonchev–Trinajstić information content (AvgIpc) is 3.23. The van der Waals surface area contributed by atoms with Crippen LogP contribution >= 0.6 is 0 Å². The number of carbonyl (C=O) groups is 1. The molecule has 0 bridgehead atoms. The second-order valence-corrected chi connectivity index (χ2v) is 6.88. The lowest BCUT2D eigenvalue weighted by Crippen LogP contribution is -2.33. The van der Waals surface area contributed by atoms with Crippen LogP contribution in [-0.4, -0.2) is 45.9 Å². The van der Waals surface area contributed by atoms with E-state index in [0.717, 1.165) is 29.8 Å². The summed E-state index contributed by atoms with van der Waals surface area (Å²) < 4.78 is 16.7. The van der Waals surface area contributed by atoms with Gasteiger partial charge in [-0.1, -0.05) is 0 Å². The molecule has 0 saturated carbocycles. The summed E-state index contributed by atoms with van der Waals surface area (Å²) in [5.41, 5.74) is 15.4. The fraction of sp³-hybridized carbons (Fsp3) is 0.263. The highest BCUT2D eigenvalue weighted by molar-refractivity contribution is 6.01. The van der Waals surface area contributed by atoms with Crippen molar-refractivity contribution < 1.29 is 18.7 Å². The highest BCUT2D eigenvalue weighted by atomic mass is 16.5. The van der Waals surface area contributed by atoms with Crippen molar-refractivity contribution in [1.29, 1.82) is 0 Å². The van der Waals surface area contributed by atoms with E-state index >= 15 is 0 Å². The van der Waals surface area contributed by atoms with Crippen LogP contribution in [0.1, 0.15) is 19.0 Å². The third-order valence-electron chi connectivity index (χ3n) is 4.99. The lowest BCUT2D eigenvalue weighted by Gasteiger charge is -2.29. The zero-order valence-electron chi connectivity index (χ0n) is 15.6. The van der Waals surface area contributed by atoms with Crippen molar-refractivity contribution in [1.82, 2.24) is 14.9 Å². The number of amides is 1. The predicted octanol–water partition coefficient (Wildman–Crippen LogP) is 1.17. The molecule has 5 rings (SSSR count). The van der Waals surface area contributed by atoms with E-state index in [4.69, 9.17) is 25.4 Å². The van der Waals surface area contributed by atoms with Crippen LogP contribution in [0.25, 0.3) is 11.2 Å². The van der Waals surface area contributed by atoms with Crippen molar-refractivity contribution >= 4 is 29.0 Å². The van der Waals surface area contributed by atoms with Gasteiger partial charge in [0.25, 0.3) is 11.9 Å². The minimum Gasteiger partial charge on any atom is -0.493 e. The largest absolute Gasteiger partial charge is 0.493 e. The maximum absolute atomic E-state index is 11.4. The summed E-state index contributed by atoms with van der Waals surface area (Å²) in [6, 6.07) is 3.66. The molecule has 1 amide bonds. The first-order valence-electron chi connectivity index (χ1n) is 9.10. The van der Waals surface area contributed by atoms with Crippen molar-refractivity contribution in [3.63, 3.8) is 0 Å². The van der Waals surface area contributed by atoms with Gasteiger partial charge in [0.05, 0.1) is 11.3 Å². The van der Waals surface area contributed by atoms with Crippen molar-refractivity contribution in [3.05, 3.63) is 52.9 Å². The number of primary amides is 1. The van der Waals surface area contributed by atoms with Gasteiger partial charge in [-0.2, -0.15) is 4.98 Å². The molecule has 3 aliphatic heterocycles. The third-order valence-corrected chi connectivity index (χ3v) is 4.99. The fourth-order valence-corrected chi connectivity index (χ4v) is 3.58. The molecule has 1 atom stereocenters. The van der Waals surface area contributed by atoms with Gasteiger partial charge in [-0.15, -0.1) is 0 Å². The molecule has 1 unspecified atom stereocenters. The quantitative estimate of drug-likeness (QED) is 0.787. The fourth-order valence-electron chi connectivity index (χ4n) is 3.58. The summed E-state index contributed by atoms with van der Waals surface area (Å²) in [4.78, 5) is 26.8. The van der Waals surface area contributed by atoms with Crippen LogP contribution in [0.15, 0.2) is 56.6 Å². The first-order valence-corrected chi connectivity index (χ1v) is 9.10. The molecular weight excluding hydrogens is 376 g/mol. The molecule has 0 fully saturated rings. The summed E-state index contributed by atoms with van der Waals surface area (Å²) in [5, 5.41) is 0. The van der Waals surface area contributed by atoms with Crippen LogP contribution in [0.4, 0.5) is 6.01 Å². The third kappa shape index (κ3) is 2.80. The smallest absolute Gasteiger partial charge is 0.294 e. The number of hydrogen-bond donors (Lipinski definition) is 2. The van der Waals surface area contributed by atoms with Gasteiger partial charge in [0, 0.05) is 12.7 Å². The van der Waals surface area contributed by atoms with Crippen molar-refractivity contribution in [2.24, 2.45) is 10.7 Å². The molecule has 10 heteroatoms. The standard InChI is InChI=1S/C19H18N6O4/c1-9(16(20)26)28-14-8-27-7-10-4-5-25-15(10)11(14)6-22-18(25)12-2-3-13-17(23-12)24-19(21)29-13/h2-3,6,8-9H,4-5,7H2,1H3,(H2,20,26)(H2,21,23,24). The molecule has 0 spiro atoms. The number of carbonyl (C=O) groups excluding carboxylic acids is 1. The molecule has 10 nitrogen and oxygen atoms in total. The number of anilines is 1. The van der Waals surface area contributed by atoms with Crippen molar-refractivity contribution in [3.8, 4) is 0 Å². The van der Waals surface area contributed by atoms with Crippen LogP contribution in [-0.2, 0) is 14.3 Å². The van der Waals surface area contributed by atoms with E-state index in [1.165, 1.54) is 6.26 Å². The summed E-state index contributed by atoms with van der Waals surface area (Å²) in [6.45, 7) is 2.75. The van der Waals surface area contributed by atoms with Gasteiger partial charge in [-0.3, -0.25) is 4.79 Å². The summed E-state index contributed by atoms with van der Waals surface area (Å²) in [6.07, 6.45) is 3.22. The lowest BCUT2D eigenvalue weighted by molar-refractivity contribution is -0.126. The molecule has 148 valence electrons. The molecule has 3 aliphatic rings. The second-order valence-electron chi connectivity index (χ2n) is 6.88. The molecule has 2 aromatic heterocycles. The number of aromatic nitrogens is 2. The van der Waals surface area contributed by atoms with Gasteiger partial charge in [0.15, 0.2) is 23.3 Å². The minimum atomic E-state index is -0.796. The van der Waals surface area contributed by atoms with Crippen LogP contribution < -0.4 is 11.5 Å². The molecule has 2 aromatic rings. The molecule has 0 radical (unpaired) electrons. The van der Waals surface area contributed by atoms with Gasteiger partial charge in [-0.25, -0.2) is 9.98 Å². The van der Waals surface area contributed by atoms with Crippen LogP contribution in [0.2, 0.25) is 0 Å². The Kier molecular flexibility index (Phi) is 3.79. The Morgan fingerprint density at radius 1 is 1.34 bits per heavy atom. The number of aliphatic imine (C=N–C) groups is 1. The summed E-state index contributed by atoms with van der Waals surface area (Å²) in [7, 11) is 0. The number of rotatable bonds is 4. The van der Waals surface area contributed by atoms with E-state index < -0.39 is 12.0 Å². The number of ether oxygens (including phenoxy) is 2. The molecule has 4 N–H and O–H groups in total. The monoisotopic (exact) mass is 394 g/mol. The van der Waals surface area contributed by atoms with E-state index in [2.05, 4.69) is 19.9 Å². The first kappa shape index (κ1) is 17.3. The number of pyridine rings is 1. The minimum absolute atomic E-state index is 0.0694. The SMILES string of the molecule is CC(OC1=COCC2=C3C1=CN=C(c1ccc4oc(N)nc4n1)N3CC2)C(N)=O. The predicted molar refractivity (Wildman–Crippen MR) is 103 cm³/mol. The summed E-state index contributed by atoms with van der Waals surface area (Å²) >= 11 is 0. The number of hydrogen-bond acceptors (Lipinski definition) is 9. The van der Waals surface area contributed by atoms with Crippen LogP contribution in [0.5, 0.6) is 0 Å². The number of nitrogens with zero attached hydrogens (tertiary/aromatic N) is 4. The van der Waals surface area contributed by atoms with Gasteiger partial charge in [0.2, 0.25) is 5.65 Å². The highest BCUT2D eigenvalue weighted by Crippen LogP contribution is 2.39. The number of nitrogens with two attached hydrogens (primary N) is 2. The molecule has 29 heavy (non-hydrogen) atoms. The van der Waals surface area contributed by atoms with E-state index in [9.17, 15) is 4.79 Å². The number of oxazole rings is 1. The molecule has 0 aromatic carbocycles. The molecule has 0 saturated heterocycles. The maximum atomic E-state index is 11.4. The summed E-state index contributed by atoms with van der Waals surface area (Å²) in [5.74, 6) is 0.549. The average molecular weight is 394 g/mol. The zero-order chi connectivity index (χ0) is 20.1. The topological polar surface area (TPSA) is 142 Å². The Morgan fingerprint density at radius 2 is 2.21 bits per heavy atom. The van der Waals surface area contributed by atoms with Gasteiger partial charge in [-0.05, 0) is 31.1 Å². The van der Waals surface area contributed by atoms with Gasteiger partial charge in [0.1, 0.15) is 18.6 Å². The molecule has 5 heterocycles. The highest BCUT2D eigenvalue weighted by Gasteiger charge is 2.36. The van der Waals surface area contributed by atoms with Crippen molar-refractivity contribution in [2.45, 2.75) is 19.4 Å². The van der Waals surface area contributed by atoms with Crippen LogP contribution in [0.3, 0.4) is 0 Å². The zero-order valence-corrected chi connectivity index (χ0v) is 15.6. The molecule has 0 aliphatic carbocycles. The number of nitrogen functional groups attached to an aromatic ring is 1. The van der Waals surface area contributed by atoms with Gasteiger partial charge < -0.3 is 30.3 Å². The Balaban J connectivity index is 1.57. The lowest BCUT2D eigenvalue weighted by atomic mass is 10.1. The van der Waals surface area contributed by atoms with E-state index in [1.54, 1.807) is 19.2 Å². The maximum Gasteiger partial charge on any atom is 0.294 e.